The van der Waals surface area contributed by atoms with Crippen LogP contribution in [-0.2, 0) is 4.79 Å². The summed E-state index contributed by atoms with van der Waals surface area (Å²) in [6.07, 6.45) is -3.21. The normalized spacial score (nSPS) is 22.4. The number of alkyl halides is 3. The third kappa shape index (κ3) is 3.67. The molecule has 2 N–H and O–H groups in total. The van der Waals surface area contributed by atoms with E-state index in [0.29, 0.717) is 11.1 Å². The van der Waals surface area contributed by atoms with Crippen molar-refractivity contribution >= 4 is 5.91 Å². The van der Waals surface area contributed by atoms with Gasteiger partial charge in [-0.15, -0.1) is 13.2 Å². The van der Waals surface area contributed by atoms with Crippen LogP contribution in [-0.4, -0.2) is 30.3 Å². The van der Waals surface area contributed by atoms with Gasteiger partial charge in [-0.25, -0.2) is 0 Å². The maximum atomic E-state index is 12.5. The van der Waals surface area contributed by atoms with Gasteiger partial charge in [0.05, 0.1) is 23.4 Å². The van der Waals surface area contributed by atoms with Crippen LogP contribution in [0, 0.1) is 45.3 Å². The molecule has 0 radical (unpaired) electrons. The molecule has 0 bridgehead atoms. The SMILES string of the molecule is CC(=O)N1CC=C2C(C#N)=C(N)C(C#N)(C#N)C(c3ccc(OC(F)(F)F)cc3)C2C1. The number of benzene rings is 1. The first-order valence-electron chi connectivity index (χ1n) is 9.12. The Hall–Kier alpha value is -3.97. The number of amides is 1. The molecule has 2 unspecified atom stereocenters. The Morgan fingerprint density at radius 1 is 1.23 bits per heavy atom. The molecular formula is C21H16F3N5O2. The zero-order valence-corrected chi connectivity index (χ0v) is 16.3. The monoisotopic (exact) mass is 427 g/mol. The molecule has 0 aromatic heterocycles. The van der Waals surface area contributed by atoms with Gasteiger partial charge >= 0.3 is 6.36 Å². The standard InChI is InChI=1S/C21H16F3N5O2/c1-12(30)29-7-6-15-16(8-25)19(28)20(10-26,11-27)18(17(15)9-29)13-2-4-14(5-3-13)31-21(22,23)24/h2-6,17-18H,7,9,28H2,1H3. The lowest BCUT2D eigenvalue weighted by Gasteiger charge is -2.45. The lowest BCUT2D eigenvalue weighted by atomic mass is 9.58. The summed E-state index contributed by atoms with van der Waals surface area (Å²) >= 11 is 0. The van der Waals surface area contributed by atoms with Crippen molar-refractivity contribution in [2.24, 2.45) is 17.1 Å². The Bertz CT molecular complexity index is 1090. The highest BCUT2D eigenvalue weighted by Gasteiger charge is 2.54. The van der Waals surface area contributed by atoms with Gasteiger partial charge in [-0.05, 0) is 23.3 Å². The van der Waals surface area contributed by atoms with Gasteiger partial charge in [0, 0.05) is 31.8 Å². The topological polar surface area (TPSA) is 127 Å². The van der Waals surface area contributed by atoms with Gasteiger partial charge in [0.15, 0.2) is 5.41 Å². The van der Waals surface area contributed by atoms with E-state index < -0.39 is 29.4 Å². The molecule has 0 saturated heterocycles. The number of carbonyl (C=O) groups excluding carboxylic acids is 1. The van der Waals surface area contributed by atoms with Crippen molar-refractivity contribution in [2.75, 3.05) is 13.1 Å². The summed E-state index contributed by atoms with van der Waals surface area (Å²) in [6.45, 7) is 1.73. The third-order valence-electron chi connectivity index (χ3n) is 5.58. The third-order valence-corrected chi connectivity index (χ3v) is 5.58. The number of hydrogen-bond donors (Lipinski definition) is 1. The molecule has 0 saturated carbocycles. The van der Waals surface area contributed by atoms with Crippen molar-refractivity contribution < 1.29 is 22.7 Å². The number of fused-ring (bicyclic) bond motifs is 1. The Morgan fingerprint density at radius 3 is 2.32 bits per heavy atom. The first kappa shape index (κ1) is 21.7. The van der Waals surface area contributed by atoms with E-state index in [1.54, 1.807) is 6.08 Å². The predicted molar refractivity (Wildman–Crippen MR) is 100 cm³/mol. The van der Waals surface area contributed by atoms with Crippen LogP contribution >= 0.6 is 0 Å². The highest BCUT2D eigenvalue weighted by atomic mass is 19.4. The molecule has 1 aromatic carbocycles. The van der Waals surface area contributed by atoms with E-state index in [4.69, 9.17) is 5.73 Å². The van der Waals surface area contributed by atoms with Crippen LogP contribution in [0.2, 0.25) is 0 Å². The summed E-state index contributed by atoms with van der Waals surface area (Å²) in [6, 6.07) is 10.6. The predicted octanol–water partition coefficient (Wildman–Crippen LogP) is 2.86. The fraction of sp³-hybridized carbons (Fsp3) is 0.333. The Kier molecular flexibility index (Phi) is 5.40. The summed E-state index contributed by atoms with van der Waals surface area (Å²) in [5.74, 6) is -2.25. The maximum Gasteiger partial charge on any atom is 0.573 e. The lowest BCUT2D eigenvalue weighted by molar-refractivity contribution is -0.274. The Balaban J connectivity index is 2.19. The van der Waals surface area contributed by atoms with Crippen LogP contribution in [0.15, 0.2) is 47.2 Å². The van der Waals surface area contributed by atoms with Gasteiger partial charge in [0.25, 0.3) is 0 Å². The quantitative estimate of drug-likeness (QED) is 0.773. The van der Waals surface area contributed by atoms with Crippen molar-refractivity contribution in [1.82, 2.24) is 4.90 Å². The molecule has 2 atom stereocenters. The maximum absolute atomic E-state index is 12.5. The van der Waals surface area contributed by atoms with Crippen LogP contribution in [0.1, 0.15) is 18.4 Å². The van der Waals surface area contributed by atoms with E-state index in [1.807, 2.05) is 18.2 Å². The van der Waals surface area contributed by atoms with Gasteiger partial charge in [0.2, 0.25) is 5.91 Å². The van der Waals surface area contributed by atoms with Crippen molar-refractivity contribution in [1.29, 1.82) is 15.8 Å². The van der Waals surface area contributed by atoms with Crippen LogP contribution in [0.3, 0.4) is 0 Å². The second kappa shape index (κ2) is 7.70. The zero-order chi connectivity index (χ0) is 23.0. The van der Waals surface area contributed by atoms with Gasteiger partial charge in [-0.3, -0.25) is 4.79 Å². The minimum absolute atomic E-state index is 0.0181. The van der Waals surface area contributed by atoms with Gasteiger partial charge < -0.3 is 15.4 Å². The fourth-order valence-electron chi connectivity index (χ4n) is 4.19. The van der Waals surface area contributed by atoms with Crippen LogP contribution in [0.5, 0.6) is 5.75 Å². The van der Waals surface area contributed by atoms with E-state index in [0.717, 1.165) is 12.1 Å². The van der Waals surface area contributed by atoms with Crippen molar-refractivity contribution in [3.8, 4) is 24.0 Å². The summed E-state index contributed by atoms with van der Waals surface area (Å²) in [4.78, 5) is 13.5. The van der Waals surface area contributed by atoms with E-state index in [9.17, 15) is 33.8 Å². The molecule has 1 aliphatic heterocycles. The number of nitriles is 3. The van der Waals surface area contributed by atoms with E-state index in [-0.39, 0.29) is 30.3 Å². The van der Waals surface area contributed by atoms with Crippen LogP contribution < -0.4 is 10.5 Å². The second-order valence-corrected chi connectivity index (χ2v) is 7.22. The van der Waals surface area contributed by atoms with E-state index in [2.05, 4.69) is 4.74 Å². The van der Waals surface area contributed by atoms with Crippen molar-refractivity contribution in [3.05, 3.63) is 52.7 Å². The molecule has 3 rings (SSSR count). The summed E-state index contributed by atoms with van der Waals surface area (Å²) in [5.41, 5.74) is 4.89. The highest BCUT2D eigenvalue weighted by molar-refractivity contribution is 5.74. The number of nitrogens with two attached hydrogens (primary N) is 1. The Morgan fingerprint density at radius 2 is 1.84 bits per heavy atom. The second-order valence-electron chi connectivity index (χ2n) is 7.22. The molecule has 10 heteroatoms. The number of ether oxygens (including phenoxy) is 1. The minimum atomic E-state index is -4.87. The molecule has 2 aliphatic rings. The molecule has 1 aromatic rings. The van der Waals surface area contributed by atoms with Gasteiger partial charge in [-0.1, -0.05) is 18.2 Å². The van der Waals surface area contributed by atoms with Gasteiger partial charge in [-0.2, -0.15) is 15.8 Å². The molecule has 158 valence electrons. The number of allylic oxidation sites excluding steroid dienone is 2. The van der Waals surface area contributed by atoms with Crippen molar-refractivity contribution in [3.63, 3.8) is 0 Å². The number of nitrogens with zero attached hydrogens (tertiary/aromatic N) is 4. The molecular weight excluding hydrogens is 411 g/mol. The van der Waals surface area contributed by atoms with Gasteiger partial charge in [0.1, 0.15) is 11.8 Å². The van der Waals surface area contributed by atoms with Crippen molar-refractivity contribution in [2.45, 2.75) is 19.2 Å². The number of rotatable bonds is 2. The summed E-state index contributed by atoms with van der Waals surface area (Å²) in [5, 5.41) is 29.6. The summed E-state index contributed by atoms with van der Waals surface area (Å²) in [7, 11) is 0. The number of halogens is 3. The van der Waals surface area contributed by atoms with E-state index in [1.165, 1.54) is 24.0 Å². The molecule has 1 amide bonds. The first-order valence-corrected chi connectivity index (χ1v) is 9.12. The first-order chi connectivity index (χ1) is 14.6. The van der Waals surface area contributed by atoms with Crippen LogP contribution in [0.25, 0.3) is 0 Å². The minimum Gasteiger partial charge on any atom is -0.406 e. The zero-order valence-electron chi connectivity index (χ0n) is 16.3. The summed E-state index contributed by atoms with van der Waals surface area (Å²) < 4.78 is 41.4. The molecule has 1 aliphatic carbocycles. The van der Waals surface area contributed by atoms with Crippen LogP contribution in [0.4, 0.5) is 13.2 Å². The molecule has 0 spiro atoms. The Labute approximate surface area is 176 Å². The lowest BCUT2D eigenvalue weighted by Crippen LogP contribution is -2.48. The highest BCUT2D eigenvalue weighted by Crippen LogP contribution is 2.54. The number of hydrogen-bond acceptors (Lipinski definition) is 6. The smallest absolute Gasteiger partial charge is 0.406 e. The fourth-order valence-corrected chi connectivity index (χ4v) is 4.19. The average Bonchev–Trinajstić information content (AvgIpc) is 2.72. The molecule has 0 fully saturated rings. The molecule has 31 heavy (non-hydrogen) atoms. The van der Waals surface area contributed by atoms with E-state index >= 15 is 0 Å². The molecule has 1 heterocycles. The average molecular weight is 427 g/mol. The number of carbonyl (C=O) groups is 1. The largest absolute Gasteiger partial charge is 0.573 e. The molecule has 7 nitrogen and oxygen atoms in total.